The summed E-state index contributed by atoms with van der Waals surface area (Å²) in [7, 11) is 0. The lowest BCUT2D eigenvalue weighted by atomic mass is 9.89. The molecule has 2 fully saturated rings. The molecule has 0 radical (unpaired) electrons. The number of rotatable bonds is 2. The summed E-state index contributed by atoms with van der Waals surface area (Å²) in [5.74, 6) is 0.0935. The average molecular weight is 239 g/mol. The molecule has 0 aromatic heterocycles. The Bertz CT molecular complexity index is 301. The number of hydrogen-bond acceptors (Lipinski definition) is 3. The van der Waals surface area contributed by atoms with Crippen LogP contribution in [-0.2, 0) is 9.59 Å². The van der Waals surface area contributed by atoms with Crippen molar-refractivity contribution in [1.82, 2.24) is 16.0 Å². The Kier molecular flexibility index (Phi) is 3.66. The van der Waals surface area contributed by atoms with E-state index in [1.807, 2.05) is 0 Å². The van der Waals surface area contributed by atoms with Gasteiger partial charge in [0.15, 0.2) is 0 Å². The SMILES string of the molecule is CC1(NC(=O)C2CCC(=O)NC2)CCNCC1. The fourth-order valence-electron chi connectivity index (χ4n) is 2.46. The summed E-state index contributed by atoms with van der Waals surface area (Å²) in [4.78, 5) is 23.1. The number of amides is 2. The molecule has 2 aliphatic heterocycles. The van der Waals surface area contributed by atoms with Gasteiger partial charge in [-0.3, -0.25) is 9.59 Å². The van der Waals surface area contributed by atoms with Gasteiger partial charge in [-0.1, -0.05) is 0 Å². The Hall–Kier alpha value is -1.10. The molecule has 0 saturated carbocycles. The van der Waals surface area contributed by atoms with Gasteiger partial charge in [0.2, 0.25) is 11.8 Å². The van der Waals surface area contributed by atoms with Gasteiger partial charge in [0.1, 0.15) is 0 Å². The van der Waals surface area contributed by atoms with Crippen LogP contribution in [0.2, 0.25) is 0 Å². The van der Waals surface area contributed by atoms with Crippen LogP contribution >= 0.6 is 0 Å². The molecule has 5 heteroatoms. The van der Waals surface area contributed by atoms with E-state index >= 15 is 0 Å². The van der Waals surface area contributed by atoms with Crippen LogP contribution in [0.25, 0.3) is 0 Å². The molecule has 2 saturated heterocycles. The van der Waals surface area contributed by atoms with Crippen LogP contribution in [0.1, 0.15) is 32.6 Å². The van der Waals surface area contributed by atoms with Crippen LogP contribution in [0.5, 0.6) is 0 Å². The lowest BCUT2D eigenvalue weighted by molar-refractivity contribution is -0.130. The van der Waals surface area contributed by atoms with Crippen molar-refractivity contribution >= 4 is 11.8 Å². The Morgan fingerprint density at radius 1 is 1.41 bits per heavy atom. The normalized spacial score (nSPS) is 28.3. The molecule has 1 atom stereocenters. The highest BCUT2D eigenvalue weighted by Gasteiger charge is 2.32. The van der Waals surface area contributed by atoms with E-state index in [0.29, 0.717) is 19.4 Å². The highest BCUT2D eigenvalue weighted by atomic mass is 16.2. The molecule has 2 aliphatic rings. The predicted octanol–water partition coefficient (Wildman–Crippen LogP) is -0.229. The summed E-state index contributed by atoms with van der Waals surface area (Å²) in [6.07, 6.45) is 3.08. The molecule has 0 aliphatic carbocycles. The first-order chi connectivity index (χ1) is 8.09. The molecule has 5 nitrogen and oxygen atoms in total. The smallest absolute Gasteiger partial charge is 0.225 e. The molecule has 2 heterocycles. The van der Waals surface area contributed by atoms with Crippen LogP contribution in [-0.4, -0.2) is 37.0 Å². The molecular formula is C12H21N3O2. The van der Waals surface area contributed by atoms with Gasteiger partial charge in [-0.25, -0.2) is 0 Å². The zero-order chi connectivity index (χ0) is 12.3. The Labute approximate surface area is 102 Å². The minimum absolute atomic E-state index is 0.0561. The Balaban J connectivity index is 1.85. The van der Waals surface area contributed by atoms with Crippen LogP contribution < -0.4 is 16.0 Å². The highest BCUT2D eigenvalue weighted by Crippen LogP contribution is 2.19. The summed E-state index contributed by atoms with van der Waals surface area (Å²) in [5, 5.41) is 9.19. The molecule has 2 amide bonds. The first kappa shape index (κ1) is 12.4. The van der Waals surface area contributed by atoms with Crippen molar-refractivity contribution in [2.24, 2.45) is 5.92 Å². The number of hydrogen-bond donors (Lipinski definition) is 3. The number of carbonyl (C=O) groups is 2. The average Bonchev–Trinajstić information content (AvgIpc) is 2.30. The second-order valence-electron chi connectivity index (χ2n) is 5.34. The summed E-state index contributed by atoms with van der Waals surface area (Å²) in [6, 6.07) is 0. The molecule has 3 N–H and O–H groups in total. The standard InChI is InChI=1S/C12H21N3O2/c1-12(4-6-13-7-5-12)15-11(17)9-2-3-10(16)14-8-9/h9,13H,2-8H2,1H3,(H,14,16)(H,15,17). The van der Waals surface area contributed by atoms with Crippen molar-refractivity contribution in [2.75, 3.05) is 19.6 Å². The zero-order valence-electron chi connectivity index (χ0n) is 10.3. The Morgan fingerprint density at radius 2 is 2.12 bits per heavy atom. The summed E-state index contributed by atoms with van der Waals surface area (Å²) < 4.78 is 0. The third kappa shape index (κ3) is 3.19. The molecule has 1 unspecified atom stereocenters. The maximum absolute atomic E-state index is 12.1. The number of carbonyl (C=O) groups excluding carboxylic acids is 2. The molecule has 0 aromatic rings. The maximum atomic E-state index is 12.1. The number of nitrogens with one attached hydrogen (secondary N) is 3. The highest BCUT2D eigenvalue weighted by molar-refractivity contribution is 5.84. The first-order valence-corrected chi connectivity index (χ1v) is 6.38. The van der Waals surface area contributed by atoms with Gasteiger partial charge in [0.05, 0.1) is 5.92 Å². The maximum Gasteiger partial charge on any atom is 0.225 e. The van der Waals surface area contributed by atoms with E-state index in [9.17, 15) is 9.59 Å². The van der Waals surface area contributed by atoms with Gasteiger partial charge in [-0.15, -0.1) is 0 Å². The van der Waals surface area contributed by atoms with Gasteiger partial charge < -0.3 is 16.0 Å². The van der Waals surface area contributed by atoms with Gasteiger partial charge in [-0.05, 0) is 39.3 Å². The van der Waals surface area contributed by atoms with E-state index in [-0.39, 0.29) is 23.3 Å². The van der Waals surface area contributed by atoms with E-state index < -0.39 is 0 Å². The van der Waals surface area contributed by atoms with Gasteiger partial charge >= 0.3 is 0 Å². The van der Waals surface area contributed by atoms with E-state index in [0.717, 1.165) is 25.9 Å². The quantitative estimate of drug-likeness (QED) is 0.623. The molecule has 0 spiro atoms. The fraction of sp³-hybridized carbons (Fsp3) is 0.833. The minimum atomic E-state index is -0.0796. The van der Waals surface area contributed by atoms with Crippen molar-refractivity contribution in [3.63, 3.8) is 0 Å². The summed E-state index contributed by atoms with van der Waals surface area (Å²) in [5.41, 5.74) is -0.0796. The predicted molar refractivity (Wildman–Crippen MR) is 64.4 cm³/mol. The third-order valence-corrected chi connectivity index (χ3v) is 3.77. The molecule has 0 bridgehead atoms. The first-order valence-electron chi connectivity index (χ1n) is 6.38. The topological polar surface area (TPSA) is 70.2 Å². The molecular weight excluding hydrogens is 218 g/mol. The van der Waals surface area contributed by atoms with Crippen molar-refractivity contribution in [1.29, 1.82) is 0 Å². The van der Waals surface area contributed by atoms with E-state index in [1.165, 1.54) is 0 Å². The summed E-state index contributed by atoms with van der Waals surface area (Å²) in [6.45, 7) is 4.50. The van der Waals surface area contributed by atoms with Crippen LogP contribution in [0.3, 0.4) is 0 Å². The largest absolute Gasteiger partial charge is 0.355 e. The lowest BCUT2D eigenvalue weighted by Crippen LogP contribution is -2.55. The van der Waals surface area contributed by atoms with Gasteiger partial charge in [0, 0.05) is 18.5 Å². The van der Waals surface area contributed by atoms with E-state index in [1.54, 1.807) is 0 Å². The minimum Gasteiger partial charge on any atom is -0.355 e. The zero-order valence-corrected chi connectivity index (χ0v) is 10.3. The van der Waals surface area contributed by atoms with Gasteiger partial charge in [0.25, 0.3) is 0 Å². The van der Waals surface area contributed by atoms with E-state index in [4.69, 9.17) is 0 Å². The monoisotopic (exact) mass is 239 g/mol. The van der Waals surface area contributed by atoms with Crippen molar-refractivity contribution in [2.45, 2.75) is 38.1 Å². The van der Waals surface area contributed by atoms with Crippen molar-refractivity contribution < 1.29 is 9.59 Å². The van der Waals surface area contributed by atoms with Crippen LogP contribution in [0, 0.1) is 5.92 Å². The Morgan fingerprint density at radius 3 is 2.71 bits per heavy atom. The summed E-state index contributed by atoms with van der Waals surface area (Å²) >= 11 is 0. The van der Waals surface area contributed by atoms with Crippen LogP contribution in [0.4, 0.5) is 0 Å². The van der Waals surface area contributed by atoms with Crippen molar-refractivity contribution in [3.05, 3.63) is 0 Å². The van der Waals surface area contributed by atoms with E-state index in [2.05, 4.69) is 22.9 Å². The lowest BCUT2D eigenvalue weighted by Gasteiger charge is -2.36. The second-order valence-corrected chi connectivity index (χ2v) is 5.34. The molecule has 0 aromatic carbocycles. The molecule has 2 rings (SSSR count). The number of piperidine rings is 2. The molecule has 96 valence electrons. The fourth-order valence-corrected chi connectivity index (χ4v) is 2.46. The third-order valence-electron chi connectivity index (χ3n) is 3.77. The van der Waals surface area contributed by atoms with Crippen molar-refractivity contribution in [3.8, 4) is 0 Å². The van der Waals surface area contributed by atoms with Crippen LogP contribution in [0.15, 0.2) is 0 Å². The molecule has 17 heavy (non-hydrogen) atoms. The van der Waals surface area contributed by atoms with Gasteiger partial charge in [-0.2, -0.15) is 0 Å². The second kappa shape index (κ2) is 5.04.